The van der Waals surface area contributed by atoms with Crippen LogP contribution >= 0.6 is 0 Å². The molecule has 1 fully saturated rings. The predicted octanol–water partition coefficient (Wildman–Crippen LogP) is 2.82. The summed E-state index contributed by atoms with van der Waals surface area (Å²) in [7, 11) is 1.67. The maximum atomic E-state index is 10.2. The number of hydrogen-bond donors (Lipinski definition) is 1. The maximum Gasteiger partial charge on any atom is 0.0880 e. The van der Waals surface area contributed by atoms with Gasteiger partial charge in [-0.1, -0.05) is 26.2 Å². The third-order valence-corrected chi connectivity index (χ3v) is 4.52. The highest BCUT2D eigenvalue weighted by atomic mass is 16.5. The van der Waals surface area contributed by atoms with Crippen LogP contribution in [0.2, 0.25) is 0 Å². The van der Waals surface area contributed by atoms with Gasteiger partial charge in [-0.05, 0) is 39.7 Å². The first-order valence-corrected chi connectivity index (χ1v) is 7.48. The lowest BCUT2D eigenvalue weighted by Gasteiger charge is -2.36. The van der Waals surface area contributed by atoms with Gasteiger partial charge in [-0.15, -0.1) is 0 Å². The molecular formula is C15H31NO2. The summed E-state index contributed by atoms with van der Waals surface area (Å²) in [5.74, 6) is 0. The minimum absolute atomic E-state index is 0.389. The summed E-state index contributed by atoms with van der Waals surface area (Å²) in [6.07, 6.45) is 7.20. The van der Waals surface area contributed by atoms with Crippen molar-refractivity contribution in [2.24, 2.45) is 0 Å². The van der Waals surface area contributed by atoms with Gasteiger partial charge in [-0.2, -0.15) is 0 Å². The maximum absolute atomic E-state index is 10.2. The smallest absolute Gasteiger partial charge is 0.0880 e. The van der Waals surface area contributed by atoms with Crippen molar-refractivity contribution in [3.8, 4) is 0 Å². The Hall–Kier alpha value is -0.120. The number of aliphatic hydroxyl groups excluding tert-OH is 1. The molecule has 3 nitrogen and oxygen atoms in total. The minimum atomic E-state index is -0.439. The van der Waals surface area contributed by atoms with Crippen LogP contribution in [0, 0.1) is 0 Å². The average Bonchev–Trinajstić information content (AvgIpc) is 2.40. The summed E-state index contributed by atoms with van der Waals surface area (Å²) in [6.45, 7) is 8.20. The summed E-state index contributed by atoms with van der Waals surface area (Å²) >= 11 is 0. The van der Waals surface area contributed by atoms with Gasteiger partial charge in [0.25, 0.3) is 0 Å². The molecule has 1 aliphatic rings. The Labute approximate surface area is 113 Å². The summed E-state index contributed by atoms with van der Waals surface area (Å²) in [6, 6.07) is 0.738. The van der Waals surface area contributed by atoms with Gasteiger partial charge in [0.15, 0.2) is 0 Å². The van der Waals surface area contributed by atoms with E-state index in [1.54, 1.807) is 7.11 Å². The predicted molar refractivity (Wildman–Crippen MR) is 75.8 cm³/mol. The van der Waals surface area contributed by atoms with Crippen LogP contribution in [0.4, 0.5) is 0 Å². The second kappa shape index (κ2) is 7.46. The van der Waals surface area contributed by atoms with Crippen LogP contribution in [0.15, 0.2) is 0 Å². The molecule has 0 spiro atoms. The normalized spacial score (nSPS) is 20.3. The third kappa shape index (κ3) is 4.52. The van der Waals surface area contributed by atoms with Crippen LogP contribution in [0.25, 0.3) is 0 Å². The van der Waals surface area contributed by atoms with Crippen LogP contribution in [0.3, 0.4) is 0 Å². The van der Waals surface area contributed by atoms with E-state index in [9.17, 15) is 5.11 Å². The number of aliphatic hydroxyl groups is 1. The van der Waals surface area contributed by atoms with Crippen molar-refractivity contribution in [1.29, 1.82) is 0 Å². The molecule has 0 radical (unpaired) electrons. The monoisotopic (exact) mass is 257 g/mol. The second-order valence-corrected chi connectivity index (χ2v) is 6.03. The zero-order valence-electron chi connectivity index (χ0n) is 12.6. The lowest BCUT2D eigenvalue weighted by molar-refractivity contribution is -0.0834. The molecule has 1 N–H and O–H groups in total. The van der Waals surface area contributed by atoms with E-state index in [0.717, 1.165) is 25.6 Å². The summed E-state index contributed by atoms with van der Waals surface area (Å²) in [5, 5.41) is 10.2. The van der Waals surface area contributed by atoms with E-state index in [1.165, 1.54) is 32.1 Å². The molecule has 1 aliphatic carbocycles. The SMILES string of the molecule is CCN(CCC(O)C(C)(C)OC)C1CCCCC1. The van der Waals surface area contributed by atoms with Crippen LogP contribution in [0.1, 0.15) is 59.3 Å². The molecule has 3 heteroatoms. The van der Waals surface area contributed by atoms with Gasteiger partial charge in [0.1, 0.15) is 0 Å². The van der Waals surface area contributed by atoms with E-state index < -0.39 is 5.60 Å². The second-order valence-electron chi connectivity index (χ2n) is 6.03. The van der Waals surface area contributed by atoms with Crippen LogP contribution in [-0.4, -0.2) is 48.0 Å². The molecule has 0 aromatic rings. The van der Waals surface area contributed by atoms with Crippen LogP contribution in [-0.2, 0) is 4.74 Å². The van der Waals surface area contributed by atoms with Crippen molar-refractivity contribution in [2.45, 2.75) is 77.0 Å². The van der Waals surface area contributed by atoms with Gasteiger partial charge in [0.2, 0.25) is 0 Å². The van der Waals surface area contributed by atoms with Crippen molar-refractivity contribution in [1.82, 2.24) is 4.90 Å². The molecule has 0 aromatic carbocycles. The number of hydrogen-bond acceptors (Lipinski definition) is 3. The summed E-state index contributed by atoms with van der Waals surface area (Å²) < 4.78 is 5.34. The fourth-order valence-electron chi connectivity index (χ4n) is 2.82. The number of methoxy groups -OCH3 is 1. The van der Waals surface area contributed by atoms with Crippen molar-refractivity contribution in [3.63, 3.8) is 0 Å². The molecule has 108 valence electrons. The zero-order chi connectivity index (χ0) is 13.6. The Morgan fingerprint density at radius 1 is 1.28 bits per heavy atom. The lowest BCUT2D eigenvalue weighted by Crippen LogP contribution is -2.43. The van der Waals surface area contributed by atoms with Crippen LogP contribution in [0.5, 0.6) is 0 Å². The van der Waals surface area contributed by atoms with Gasteiger partial charge in [0, 0.05) is 19.7 Å². The van der Waals surface area contributed by atoms with E-state index in [2.05, 4.69) is 11.8 Å². The van der Waals surface area contributed by atoms with E-state index in [4.69, 9.17) is 4.74 Å². The number of rotatable bonds is 7. The molecule has 0 amide bonds. The molecule has 0 saturated heterocycles. The average molecular weight is 257 g/mol. The Kier molecular flexibility index (Phi) is 6.61. The van der Waals surface area contributed by atoms with Crippen molar-refractivity contribution in [3.05, 3.63) is 0 Å². The Morgan fingerprint density at radius 2 is 1.89 bits per heavy atom. The van der Waals surface area contributed by atoms with Crippen molar-refractivity contribution in [2.75, 3.05) is 20.2 Å². The first-order chi connectivity index (χ1) is 8.51. The van der Waals surface area contributed by atoms with E-state index in [-0.39, 0.29) is 6.10 Å². The highest BCUT2D eigenvalue weighted by molar-refractivity contribution is 4.81. The largest absolute Gasteiger partial charge is 0.390 e. The van der Waals surface area contributed by atoms with Gasteiger partial charge in [-0.25, -0.2) is 0 Å². The summed E-state index contributed by atoms with van der Waals surface area (Å²) in [5.41, 5.74) is -0.439. The topological polar surface area (TPSA) is 32.7 Å². The van der Waals surface area contributed by atoms with Gasteiger partial charge in [-0.3, -0.25) is 0 Å². The fraction of sp³-hybridized carbons (Fsp3) is 1.00. The molecule has 1 saturated carbocycles. The minimum Gasteiger partial charge on any atom is -0.390 e. The number of ether oxygens (including phenoxy) is 1. The van der Waals surface area contributed by atoms with Crippen molar-refractivity contribution >= 4 is 0 Å². The highest BCUT2D eigenvalue weighted by Gasteiger charge is 2.28. The Balaban J connectivity index is 2.39. The first-order valence-electron chi connectivity index (χ1n) is 7.48. The van der Waals surface area contributed by atoms with Gasteiger partial charge in [0.05, 0.1) is 11.7 Å². The van der Waals surface area contributed by atoms with Gasteiger partial charge >= 0.3 is 0 Å². The molecule has 1 rings (SSSR count). The quantitative estimate of drug-likeness (QED) is 0.761. The molecule has 0 aromatic heterocycles. The molecule has 1 atom stereocenters. The van der Waals surface area contributed by atoms with E-state index in [1.807, 2.05) is 13.8 Å². The molecule has 1 unspecified atom stereocenters. The lowest BCUT2D eigenvalue weighted by atomic mass is 9.93. The van der Waals surface area contributed by atoms with Gasteiger partial charge < -0.3 is 14.7 Å². The zero-order valence-corrected chi connectivity index (χ0v) is 12.6. The third-order valence-electron chi connectivity index (χ3n) is 4.52. The number of nitrogens with zero attached hydrogens (tertiary/aromatic N) is 1. The summed E-state index contributed by atoms with van der Waals surface area (Å²) in [4.78, 5) is 2.54. The standard InChI is InChI=1S/C15H31NO2/c1-5-16(13-9-7-6-8-10-13)12-11-14(17)15(2,3)18-4/h13-14,17H,5-12H2,1-4H3. The molecule has 0 bridgehead atoms. The highest BCUT2D eigenvalue weighted by Crippen LogP contribution is 2.24. The first kappa shape index (κ1) is 15.9. The molecule has 0 aliphatic heterocycles. The Morgan fingerprint density at radius 3 is 2.39 bits per heavy atom. The van der Waals surface area contributed by atoms with E-state index in [0.29, 0.717) is 0 Å². The van der Waals surface area contributed by atoms with Crippen LogP contribution < -0.4 is 0 Å². The fourth-order valence-corrected chi connectivity index (χ4v) is 2.82. The van der Waals surface area contributed by atoms with Crippen molar-refractivity contribution < 1.29 is 9.84 Å². The molecular weight excluding hydrogens is 226 g/mol. The molecule has 18 heavy (non-hydrogen) atoms. The Bertz CT molecular complexity index is 225. The van der Waals surface area contributed by atoms with E-state index >= 15 is 0 Å². The molecule has 0 heterocycles.